The van der Waals surface area contributed by atoms with Gasteiger partial charge < -0.3 is 10.3 Å². The molecule has 0 aliphatic heterocycles. The summed E-state index contributed by atoms with van der Waals surface area (Å²) in [4.78, 5) is 16.0. The van der Waals surface area contributed by atoms with E-state index in [4.69, 9.17) is 17.3 Å². The van der Waals surface area contributed by atoms with Crippen LogP contribution in [0.15, 0.2) is 22.7 Å². The molecule has 0 fully saturated rings. The Labute approximate surface area is 125 Å². The third-order valence-corrected chi connectivity index (χ3v) is 3.86. The maximum atomic E-state index is 11.5. The summed E-state index contributed by atoms with van der Waals surface area (Å²) in [5.74, 6) is 0.690. The van der Waals surface area contributed by atoms with E-state index in [1.165, 1.54) is 0 Å². The highest BCUT2D eigenvalue weighted by Gasteiger charge is 2.27. The highest BCUT2D eigenvalue weighted by molar-refractivity contribution is 9.10. The highest BCUT2D eigenvalue weighted by atomic mass is 79.9. The van der Waals surface area contributed by atoms with Gasteiger partial charge in [-0.05, 0) is 32.0 Å². The van der Waals surface area contributed by atoms with Crippen LogP contribution < -0.4 is 5.73 Å². The minimum absolute atomic E-state index is 0.293. The van der Waals surface area contributed by atoms with Crippen LogP contribution in [0.1, 0.15) is 19.7 Å². The van der Waals surface area contributed by atoms with Crippen LogP contribution in [0.3, 0.4) is 0 Å². The molecule has 1 aromatic carbocycles. The summed E-state index contributed by atoms with van der Waals surface area (Å²) in [5, 5.41) is 0. The molecule has 4 nitrogen and oxygen atoms in total. The van der Waals surface area contributed by atoms with Gasteiger partial charge in [-0.15, -0.1) is 11.6 Å². The van der Waals surface area contributed by atoms with E-state index >= 15 is 0 Å². The lowest BCUT2D eigenvalue weighted by Gasteiger charge is -2.22. The molecular formula is C13H15BrClN3O. The van der Waals surface area contributed by atoms with Crippen molar-refractivity contribution in [3.8, 4) is 0 Å². The first-order chi connectivity index (χ1) is 8.85. The number of fused-ring (bicyclic) bond motifs is 1. The zero-order valence-electron chi connectivity index (χ0n) is 10.8. The molecule has 1 amide bonds. The molecule has 19 heavy (non-hydrogen) atoms. The minimum atomic E-state index is -0.656. The van der Waals surface area contributed by atoms with Crippen LogP contribution >= 0.6 is 27.5 Å². The summed E-state index contributed by atoms with van der Waals surface area (Å²) in [6.45, 7) is 4.09. The quantitative estimate of drug-likeness (QED) is 0.867. The van der Waals surface area contributed by atoms with Crippen LogP contribution in [-0.4, -0.2) is 15.5 Å². The van der Waals surface area contributed by atoms with Crippen molar-refractivity contribution >= 4 is 44.5 Å². The number of rotatable bonds is 4. The second-order valence-corrected chi connectivity index (χ2v) is 6.31. The fraction of sp³-hybridized carbons (Fsp3) is 0.385. The Kier molecular flexibility index (Phi) is 3.87. The molecule has 0 saturated heterocycles. The van der Waals surface area contributed by atoms with Crippen LogP contribution in [0.4, 0.5) is 0 Å². The Morgan fingerprint density at radius 3 is 2.79 bits per heavy atom. The van der Waals surface area contributed by atoms with Gasteiger partial charge in [0.2, 0.25) is 5.91 Å². The fourth-order valence-corrected chi connectivity index (χ4v) is 2.45. The van der Waals surface area contributed by atoms with Gasteiger partial charge in [-0.2, -0.15) is 0 Å². The Balaban J connectivity index is 2.57. The van der Waals surface area contributed by atoms with Gasteiger partial charge >= 0.3 is 0 Å². The summed E-state index contributed by atoms with van der Waals surface area (Å²) in [6.07, 6.45) is 0. The average molecular weight is 345 g/mol. The van der Waals surface area contributed by atoms with Crippen molar-refractivity contribution in [2.75, 3.05) is 0 Å². The van der Waals surface area contributed by atoms with Crippen LogP contribution in [0, 0.1) is 5.41 Å². The van der Waals surface area contributed by atoms with Crippen LogP contribution in [0.25, 0.3) is 11.0 Å². The number of amides is 1. The fourth-order valence-electron chi connectivity index (χ4n) is 1.90. The molecule has 0 aliphatic carbocycles. The lowest BCUT2D eigenvalue weighted by atomic mass is 9.92. The van der Waals surface area contributed by atoms with E-state index in [0.717, 1.165) is 21.3 Å². The van der Waals surface area contributed by atoms with E-state index < -0.39 is 5.41 Å². The summed E-state index contributed by atoms with van der Waals surface area (Å²) in [6, 6.07) is 5.82. The molecule has 0 unspecified atom stereocenters. The number of halogens is 2. The first-order valence-corrected chi connectivity index (χ1v) is 7.18. The van der Waals surface area contributed by atoms with Crippen molar-refractivity contribution < 1.29 is 4.79 Å². The number of benzene rings is 1. The van der Waals surface area contributed by atoms with Crippen molar-refractivity contribution in [2.45, 2.75) is 26.3 Å². The van der Waals surface area contributed by atoms with Gasteiger partial charge in [0.1, 0.15) is 5.82 Å². The topological polar surface area (TPSA) is 60.9 Å². The zero-order chi connectivity index (χ0) is 14.2. The Morgan fingerprint density at radius 1 is 1.53 bits per heavy atom. The van der Waals surface area contributed by atoms with Crippen molar-refractivity contribution in [3.63, 3.8) is 0 Å². The third kappa shape index (κ3) is 2.77. The van der Waals surface area contributed by atoms with E-state index in [-0.39, 0.29) is 5.91 Å². The van der Waals surface area contributed by atoms with Gasteiger partial charge in [0.15, 0.2) is 0 Å². The lowest BCUT2D eigenvalue weighted by Crippen LogP contribution is -2.35. The number of carbonyl (C=O) groups excluding carboxylic acids is 1. The van der Waals surface area contributed by atoms with E-state index in [1.54, 1.807) is 0 Å². The van der Waals surface area contributed by atoms with Gasteiger partial charge in [0.05, 0.1) is 22.3 Å². The number of primary amides is 1. The smallest absolute Gasteiger partial charge is 0.224 e. The normalized spacial score (nSPS) is 12.0. The molecular weight excluding hydrogens is 330 g/mol. The van der Waals surface area contributed by atoms with Gasteiger partial charge in [-0.1, -0.05) is 15.9 Å². The molecule has 0 saturated carbocycles. The average Bonchev–Trinajstić information content (AvgIpc) is 2.66. The van der Waals surface area contributed by atoms with Gasteiger partial charge in [0, 0.05) is 11.0 Å². The number of imidazole rings is 1. The van der Waals surface area contributed by atoms with E-state index in [0.29, 0.717) is 12.4 Å². The van der Waals surface area contributed by atoms with Gasteiger partial charge in [-0.25, -0.2) is 4.98 Å². The second kappa shape index (κ2) is 5.13. The largest absolute Gasteiger partial charge is 0.369 e. The number of hydrogen-bond donors (Lipinski definition) is 1. The molecule has 6 heteroatoms. The number of alkyl halides is 1. The number of aromatic nitrogens is 2. The first-order valence-electron chi connectivity index (χ1n) is 5.85. The van der Waals surface area contributed by atoms with Gasteiger partial charge in [-0.3, -0.25) is 4.79 Å². The summed E-state index contributed by atoms with van der Waals surface area (Å²) < 4.78 is 2.91. The van der Waals surface area contributed by atoms with Crippen molar-refractivity contribution in [1.29, 1.82) is 0 Å². The maximum Gasteiger partial charge on any atom is 0.224 e. The predicted molar refractivity (Wildman–Crippen MR) is 80.0 cm³/mol. The summed E-state index contributed by atoms with van der Waals surface area (Å²) in [5.41, 5.74) is 6.59. The lowest BCUT2D eigenvalue weighted by molar-refractivity contribution is -0.126. The Hall–Kier alpha value is -1.07. The maximum absolute atomic E-state index is 11.5. The van der Waals surface area contributed by atoms with Crippen LogP contribution in [-0.2, 0) is 17.2 Å². The molecule has 0 radical (unpaired) electrons. The van der Waals surface area contributed by atoms with E-state index in [9.17, 15) is 4.79 Å². The first kappa shape index (κ1) is 14.3. The number of carbonyl (C=O) groups is 1. The molecule has 0 spiro atoms. The standard InChI is InChI=1S/C13H15BrClN3O/c1-13(2,12(16)19)7-18-10-5-8(14)3-4-9(10)17-11(18)6-15/h3-5H,6-7H2,1-2H3,(H2,16,19). The van der Waals surface area contributed by atoms with E-state index in [2.05, 4.69) is 20.9 Å². The van der Waals surface area contributed by atoms with Crippen molar-refractivity contribution in [3.05, 3.63) is 28.5 Å². The SMILES string of the molecule is CC(C)(Cn1c(CCl)nc2ccc(Br)cc21)C(N)=O. The molecule has 2 rings (SSSR count). The predicted octanol–water partition coefficient (Wildman–Crippen LogP) is 3.05. The molecule has 0 atom stereocenters. The summed E-state index contributed by atoms with van der Waals surface area (Å²) in [7, 11) is 0. The van der Waals surface area contributed by atoms with Crippen molar-refractivity contribution in [1.82, 2.24) is 9.55 Å². The third-order valence-electron chi connectivity index (χ3n) is 3.13. The van der Waals surface area contributed by atoms with Crippen molar-refractivity contribution in [2.24, 2.45) is 11.1 Å². The van der Waals surface area contributed by atoms with Crippen LogP contribution in [0.5, 0.6) is 0 Å². The number of hydrogen-bond acceptors (Lipinski definition) is 2. The molecule has 2 N–H and O–H groups in total. The van der Waals surface area contributed by atoms with Crippen LogP contribution in [0.2, 0.25) is 0 Å². The highest BCUT2D eigenvalue weighted by Crippen LogP contribution is 2.26. The minimum Gasteiger partial charge on any atom is -0.369 e. The summed E-state index contributed by atoms with van der Waals surface area (Å²) >= 11 is 9.38. The number of nitrogens with two attached hydrogens (primary N) is 1. The molecule has 2 aromatic rings. The number of nitrogens with zero attached hydrogens (tertiary/aromatic N) is 2. The molecule has 1 heterocycles. The molecule has 0 aliphatic rings. The molecule has 102 valence electrons. The zero-order valence-corrected chi connectivity index (χ0v) is 13.1. The molecule has 1 aromatic heterocycles. The van der Waals surface area contributed by atoms with E-state index in [1.807, 2.05) is 36.6 Å². The molecule has 0 bridgehead atoms. The second-order valence-electron chi connectivity index (χ2n) is 5.13. The Bertz CT molecular complexity index is 636. The van der Waals surface area contributed by atoms with Gasteiger partial charge in [0.25, 0.3) is 0 Å². The Morgan fingerprint density at radius 2 is 2.21 bits per heavy atom. The monoisotopic (exact) mass is 343 g/mol.